The molecule has 1 fully saturated rings. The van der Waals surface area contributed by atoms with Gasteiger partial charge in [0, 0.05) is 6.20 Å². The highest BCUT2D eigenvalue weighted by atomic mass is 32.1. The van der Waals surface area contributed by atoms with E-state index < -0.39 is 52.8 Å². The van der Waals surface area contributed by atoms with Gasteiger partial charge in [-0.15, -0.1) is 0 Å². The van der Waals surface area contributed by atoms with Crippen LogP contribution in [0.4, 0.5) is 0 Å². The molecule has 25 heavy (non-hydrogen) atoms. The highest BCUT2D eigenvalue weighted by Crippen LogP contribution is 2.63. The van der Waals surface area contributed by atoms with E-state index in [4.69, 9.17) is 31.6 Å². The fraction of sp³-hybridized carbons (Fsp3) is 0.556. The molecule has 1 unspecified atom stereocenters. The van der Waals surface area contributed by atoms with Crippen molar-refractivity contribution in [2.75, 3.05) is 6.61 Å². The normalized spacial score (nSPS) is 29.5. The first-order valence-corrected chi connectivity index (χ1v) is 9.96. The molecule has 0 bridgehead atoms. The van der Waals surface area contributed by atoms with Crippen LogP contribution in [0.1, 0.15) is 6.23 Å². The Hall–Kier alpha value is -0.600. The van der Waals surface area contributed by atoms with Gasteiger partial charge in [0.05, 0.1) is 6.61 Å². The number of aliphatic hydroxyl groups excluding tert-OH is 2. The quantitative estimate of drug-likeness (QED) is 0.203. The molecule has 5 atom stereocenters. The van der Waals surface area contributed by atoms with Crippen molar-refractivity contribution in [3.05, 3.63) is 27.4 Å². The lowest BCUT2D eigenvalue weighted by molar-refractivity contribution is -0.0544. The Morgan fingerprint density at radius 1 is 1.44 bits per heavy atom. The molecule has 0 saturated carbocycles. The first kappa shape index (κ1) is 20.7. The molecule has 1 saturated heterocycles. The highest BCUT2D eigenvalue weighted by molar-refractivity contribution is 7.71. The summed E-state index contributed by atoms with van der Waals surface area (Å²) in [7, 11) is -10.4. The summed E-state index contributed by atoms with van der Waals surface area (Å²) < 4.78 is 26.3. The molecule has 0 radical (unpaired) electrons. The summed E-state index contributed by atoms with van der Waals surface area (Å²) in [6.07, 6.45) is -5.08. The minimum Gasteiger partial charge on any atom is -0.394 e. The highest BCUT2D eigenvalue weighted by Gasteiger charge is 2.53. The maximum Gasteiger partial charge on any atom is 0.577 e. The molecule has 2 rings (SSSR count). The van der Waals surface area contributed by atoms with Crippen LogP contribution in [0.25, 0.3) is 0 Å². The lowest BCUT2D eigenvalue weighted by Gasteiger charge is -2.23. The summed E-state index contributed by atoms with van der Waals surface area (Å²) in [5, 5.41) is 19.3. The van der Waals surface area contributed by atoms with E-state index in [0.717, 1.165) is 10.8 Å². The van der Waals surface area contributed by atoms with Crippen molar-refractivity contribution in [3.63, 3.8) is 0 Å². The third-order valence-corrected chi connectivity index (χ3v) is 5.54. The van der Waals surface area contributed by atoms with Crippen molar-refractivity contribution in [1.82, 2.24) is 9.55 Å². The second-order valence-corrected chi connectivity index (χ2v) is 8.16. The van der Waals surface area contributed by atoms with Gasteiger partial charge in [-0.1, -0.05) is 12.2 Å². The monoisotopic (exact) mass is 421 g/mol. The van der Waals surface area contributed by atoms with Crippen LogP contribution in [-0.4, -0.2) is 64.3 Å². The lowest BCUT2D eigenvalue weighted by atomic mass is 10.1. The fourth-order valence-corrected chi connectivity index (χ4v) is 4.09. The number of H-pyrrole nitrogens is 1. The lowest BCUT2D eigenvalue weighted by Crippen LogP contribution is -2.37. The summed E-state index contributed by atoms with van der Waals surface area (Å²) in [6, 6.07) is 1.29. The average molecular weight is 421 g/mol. The molecule has 13 nitrogen and oxygen atoms in total. The summed E-state index contributed by atoms with van der Waals surface area (Å²) in [5.74, 6) is 0. The molecule has 0 aromatic carbocycles. The summed E-state index contributed by atoms with van der Waals surface area (Å²) >= 11 is 4.77. The number of nitrogens with one attached hydrogen (secondary N) is 1. The standard InChI is InChI=1S/C9H14N2O11P2S/c12-3-4-6(13)7(21-24(18,19)22-23(15,16)17)8(20-4)11-2-1-5(25)10-9(11)14/h1-2,4,6-8,12-13,15-17H,3H2,(H-,10,14,18,19,25)/p+1/t4-,6-,7-,8-/m1/s1. The molecule has 142 valence electrons. The van der Waals surface area contributed by atoms with Gasteiger partial charge in [-0.3, -0.25) is 14.1 Å². The molecule has 1 aromatic rings. The van der Waals surface area contributed by atoms with Crippen LogP contribution < -0.4 is 5.69 Å². The predicted octanol–water partition coefficient (Wildman–Crippen LogP) is -1.69. The van der Waals surface area contributed by atoms with Gasteiger partial charge in [-0.2, -0.15) is 14.7 Å². The Balaban J connectivity index is 2.35. The van der Waals surface area contributed by atoms with E-state index >= 15 is 0 Å². The molecule has 2 heterocycles. The van der Waals surface area contributed by atoms with Crippen LogP contribution in [0.5, 0.6) is 0 Å². The first-order chi connectivity index (χ1) is 11.4. The Morgan fingerprint density at radius 3 is 2.60 bits per heavy atom. The third kappa shape index (κ3) is 5.20. The van der Waals surface area contributed by atoms with Crippen LogP contribution in [-0.2, 0) is 18.1 Å². The number of hydrogen-bond acceptors (Lipinski definition) is 11. The zero-order valence-electron chi connectivity index (χ0n) is 12.1. The van der Waals surface area contributed by atoms with Crippen LogP contribution in [0, 0.1) is 4.64 Å². The Labute approximate surface area is 145 Å². The van der Waals surface area contributed by atoms with Crippen molar-refractivity contribution >= 4 is 28.2 Å². The average Bonchev–Trinajstić information content (AvgIpc) is 2.73. The molecule has 1 aliphatic heterocycles. The number of hydrogen-bond donors (Lipinski definition) is 7. The van der Waals surface area contributed by atoms with Crippen molar-refractivity contribution < 1.29 is 47.9 Å². The molecule has 7 N–H and O–H groups in total. The van der Waals surface area contributed by atoms with Gasteiger partial charge in [0.15, 0.2) is 6.23 Å². The Morgan fingerprint density at radius 2 is 2.08 bits per heavy atom. The number of ether oxygens (including phenoxy) is 1. The van der Waals surface area contributed by atoms with Crippen molar-refractivity contribution in [3.8, 4) is 0 Å². The van der Waals surface area contributed by atoms with Crippen molar-refractivity contribution in [2.45, 2.75) is 24.5 Å². The molecular formula is C9H15N2O11P2S+. The van der Waals surface area contributed by atoms with E-state index in [1.54, 1.807) is 0 Å². The predicted molar refractivity (Wildman–Crippen MR) is 82.2 cm³/mol. The topological polar surface area (TPSA) is 204 Å². The van der Waals surface area contributed by atoms with Gasteiger partial charge in [0.25, 0.3) is 0 Å². The summed E-state index contributed by atoms with van der Waals surface area (Å²) in [6.45, 7) is -0.720. The number of aliphatic hydroxyl groups is 2. The number of phosphoric acid groups is 1. The van der Waals surface area contributed by atoms with Crippen LogP contribution >= 0.6 is 28.2 Å². The molecule has 0 spiro atoms. The van der Waals surface area contributed by atoms with E-state index in [1.165, 1.54) is 6.07 Å². The zero-order valence-corrected chi connectivity index (χ0v) is 14.8. The van der Waals surface area contributed by atoms with Gasteiger partial charge in [-0.25, -0.2) is 9.36 Å². The van der Waals surface area contributed by atoms with Crippen LogP contribution in [0.15, 0.2) is 17.1 Å². The molecular weight excluding hydrogens is 406 g/mol. The number of nitrogens with zero attached hydrogens (tertiary/aromatic N) is 1. The second-order valence-electron chi connectivity index (χ2n) is 4.89. The molecule has 0 aliphatic carbocycles. The van der Waals surface area contributed by atoms with E-state index in [1.807, 2.05) is 0 Å². The Bertz CT molecular complexity index is 776. The minimum absolute atomic E-state index is 0.0857. The Kier molecular flexibility index (Phi) is 6.27. The zero-order chi connectivity index (χ0) is 19.0. The maximum atomic E-state index is 12.0. The molecule has 0 amide bonds. The molecule has 1 aliphatic rings. The second kappa shape index (κ2) is 7.56. The van der Waals surface area contributed by atoms with Gasteiger partial charge in [0.2, 0.25) is 0 Å². The number of rotatable bonds is 6. The van der Waals surface area contributed by atoms with Gasteiger partial charge >= 0.3 is 21.7 Å². The fourth-order valence-electron chi connectivity index (χ4n) is 2.15. The summed E-state index contributed by atoms with van der Waals surface area (Å²) in [4.78, 5) is 49.9. The largest absolute Gasteiger partial charge is 0.577 e. The smallest absolute Gasteiger partial charge is 0.394 e. The number of aromatic amines is 1. The summed E-state index contributed by atoms with van der Waals surface area (Å²) in [5.41, 5.74) is -0.807. The molecule has 16 heteroatoms. The maximum absolute atomic E-state index is 12.0. The van der Waals surface area contributed by atoms with Crippen LogP contribution in [0.2, 0.25) is 0 Å². The van der Waals surface area contributed by atoms with Crippen molar-refractivity contribution in [1.29, 1.82) is 0 Å². The van der Waals surface area contributed by atoms with Gasteiger partial charge < -0.3 is 19.8 Å². The van der Waals surface area contributed by atoms with Gasteiger partial charge in [-0.05, 0) is 10.4 Å². The first-order valence-electron chi connectivity index (χ1n) is 6.49. The SMILES string of the molecule is O=c1[nH]c(=S)ccn1[C@@H]1O[C@H](CO)[C@@H](O)[C@H]1OP(=O)(O)O[P+](O)(O)O. The number of aromatic nitrogens is 2. The van der Waals surface area contributed by atoms with Crippen LogP contribution in [0.3, 0.4) is 0 Å². The van der Waals surface area contributed by atoms with E-state index in [9.17, 15) is 24.5 Å². The van der Waals surface area contributed by atoms with Crippen molar-refractivity contribution in [2.24, 2.45) is 0 Å². The number of phosphoric ester groups is 1. The minimum atomic E-state index is -5.29. The third-order valence-electron chi connectivity index (χ3n) is 3.09. The molecule has 1 aromatic heterocycles. The van der Waals surface area contributed by atoms with E-state index in [2.05, 4.69) is 13.8 Å². The van der Waals surface area contributed by atoms with E-state index in [0.29, 0.717) is 0 Å². The van der Waals surface area contributed by atoms with Gasteiger partial charge in [0.1, 0.15) is 23.0 Å². The van der Waals surface area contributed by atoms with E-state index in [-0.39, 0.29) is 4.64 Å².